The number of hydrogen-bond acceptors (Lipinski definition) is 9. The number of pyridine rings is 1. The minimum atomic E-state index is -0.783. The van der Waals surface area contributed by atoms with Crippen LogP contribution in [0.2, 0.25) is 5.02 Å². The number of aliphatic hydroxyl groups is 1. The van der Waals surface area contributed by atoms with E-state index in [0.717, 1.165) is 44.5 Å². The Kier molecular flexibility index (Phi) is 15.5. The number of ether oxygens (including phenoxy) is 3. The van der Waals surface area contributed by atoms with Gasteiger partial charge in [0.1, 0.15) is 36.4 Å². The average Bonchev–Trinajstić information content (AvgIpc) is 3.20. The van der Waals surface area contributed by atoms with Crippen molar-refractivity contribution in [2.45, 2.75) is 79.4 Å². The van der Waals surface area contributed by atoms with E-state index < -0.39 is 17.7 Å². The Balaban J connectivity index is 1.37. The van der Waals surface area contributed by atoms with E-state index >= 15 is 0 Å². The number of benzene rings is 4. The molecule has 0 atom stereocenters. The average molecular weight is 819 g/mol. The van der Waals surface area contributed by atoms with E-state index in [4.69, 9.17) is 30.9 Å². The van der Waals surface area contributed by atoms with Gasteiger partial charge in [-0.05, 0) is 104 Å². The quantitative estimate of drug-likeness (QED) is 0.0729. The van der Waals surface area contributed by atoms with Crippen LogP contribution in [0.15, 0.2) is 91.3 Å². The summed E-state index contributed by atoms with van der Waals surface area (Å²) in [6.07, 6.45) is 3.24. The number of rotatable bonds is 18. The molecule has 0 radical (unpaired) electrons. The summed E-state index contributed by atoms with van der Waals surface area (Å²) < 4.78 is 18.3. The topological polar surface area (TPSA) is 154 Å². The first kappa shape index (κ1) is 44.2. The van der Waals surface area contributed by atoms with Crippen molar-refractivity contribution < 1.29 is 34.0 Å². The lowest BCUT2D eigenvalue weighted by atomic mass is 9.89. The lowest BCUT2D eigenvalue weighted by molar-refractivity contribution is -0.137. The maximum atomic E-state index is 13.1. The molecule has 5 aromatic rings. The van der Waals surface area contributed by atoms with Crippen molar-refractivity contribution >= 4 is 23.7 Å². The minimum absolute atomic E-state index is 0.0270. The Morgan fingerprint density at radius 3 is 2.25 bits per heavy atom. The van der Waals surface area contributed by atoms with Crippen molar-refractivity contribution in [2.24, 2.45) is 0 Å². The Bertz CT molecular complexity index is 2280. The predicted molar refractivity (Wildman–Crippen MR) is 228 cm³/mol. The maximum Gasteiger partial charge on any atom is 0.410 e. The summed E-state index contributed by atoms with van der Waals surface area (Å²) in [6, 6.07) is 28.1. The molecule has 3 N–H and O–H groups in total. The van der Waals surface area contributed by atoms with Gasteiger partial charge in [-0.25, -0.2) is 4.79 Å². The number of aliphatic carboxylic acids is 1. The zero-order valence-electron chi connectivity index (χ0n) is 34.2. The summed E-state index contributed by atoms with van der Waals surface area (Å²) in [5.41, 5.74) is 9.62. The first-order valence-electron chi connectivity index (χ1n) is 19.5. The van der Waals surface area contributed by atoms with Crippen molar-refractivity contribution in [2.75, 3.05) is 19.7 Å². The third kappa shape index (κ3) is 12.5. The number of carbonyl (C=O) groups is 2. The normalized spacial score (nSPS) is 11.2. The standard InChI is InChI=1S/C47H51ClN4O7/c1-31-37(9-6-11-40(31)41-12-7-10-39(32(41)2)36-16-14-33(15-17-36)25-50-18-8-13-45(54)55)30-58-44-23-43(57-29-35-21-34(24-49)26-51-27-35)38(22-42(44)48)28-52(19-20-53)46(56)59-47(3,4)5/h6-7,9-12,14-17,21-23,26-27,50,53H,8,13,18-20,25,28-30H2,1-5H3,(H,54,55). The van der Waals surface area contributed by atoms with Gasteiger partial charge in [0.2, 0.25) is 0 Å². The summed E-state index contributed by atoms with van der Waals surface area (Å²) in [5.74, 6) is -0.00652. The Morgan fingerprint density at radius 1 is 0.864 bits per heavy atom. The summed E-state index contributed by atoms with van der Waals surface area (Å²) in [6.45, 7) is 10.9. The van der Waals surface area contributed by atoms with E-state index in [2.05, 4.69) is 78.7 Å². The largest absolute Gasteiger partial charge is 0.488 e. The molecule has 1 aromatic heterocycles. The summed E-state index contributed by atoms with van der Waals surface area (Å²) in [4.78, 5) is 29.4. The first-order chi connectivity index (χ1) is 28.3. The van der Waals surface area contributed by atoms with Crippen LogP contribution in [-0.2, 0) is 35.8 Å². The number of nitrogens with one attached hydrogen (secondary N) is 1. The molecule has 12 heteroatoms. The lowest BCUT2D eigenvalue weighted by Crippen LogP contribution is -2.38. The van der Waals surface area contributed by atoms with Gasteiger partial charge in [-0.2, -0.15) is 5.26 Å². The van der Waals surface area contributed by atoms with Crippen LogP contribution in [0.1, 0.15) is 72.6 Å². The number of amides is 1. The number of carboxylic acid groups (broad SMARTS) is 1. The van der Waals surface area contributed by atoms with Crippen LogP contribution < -0.4 is 14.8 Å². The fraction of sp³-hybridized carbons (Fsp3) is 0.319. The van der Waals surface area contributed by atoms with Gasteiger partial charge in [0.15, 0.2) is 0 Å². The van der Waals surface area contributed by atoms with Crippen LogP contribution in [0.3, 0.4) is 0 Å². The Hall–Kier alpha value is -5.93. The second-order valence-corrected chi connectivity index (χ2v) is 15.6. The summed E-state index contributed by atoms with van der Waals surface area (Å²) in [7, 11) is 0. The number of carbonyl (C=O) groups excluding carboxylic acids is 1. The van der Waals surface area contributed by atoms with Gasteiger partial charge in [-0.15, -0.1) is 0 Å². The molecule has 5 rings (SSSR count). The van der Waals surface area contributed by atoms with Gasteiger partial charge >= 0.3 is 12.1 Å². The molecule has 4 aromatic carbocycles. The van der Waals surface area contributed by atoms with Gasteiger partial charge in [0.05, 0.1) is 23.7 Å². The number of nitrogens with zero attached hydrogens (tertiary/aromatic N) is 3. The van der Waals surface area contributed by atoms with Crippen LogP contribution >= 0.6 is 11.6 Å². The zero-order valence-corrected chi connectivity index (χ0v) is 34.9. The van der Waals surface area contributed by atoms with E-state index in [0.29, 0.717) is 52.7 Å². The summed E-state index contributed by atoms with van der Waals surface area (Å²) >= 11 is 6.86. The van der Waals surface area contributed by atoms with Crippen molar-refractivity contribution in [3.63, 3.8) is 0 Å². The fourth-order valence-electron chi connectivity index (χ4n) is 6.55. The number of hydrogen-bond donors (Lipinski definition) is 3. The van der Waals surface area contributed by atoms with E-state index in [1.807, 2.05) is 12.1 Å². The van der Waals surface area contributed by atoms with Crippen molar-refractivity contribution in [1.82, 2.24) is 15.2 Å². The highest BCUT2D eigenvalue weighted by molar-refractivity contribution is 6.32. The molecule has 0 saturated heterocycles. The van der Waals surface area contributed by atoms with E-state index in [1.54, 1.807) is 45.2 Å². The maximum absolute atomic E-state index is 13.1. The molecule has 308 valence electrons. The molecule has 0 bridgehead atoms. The van der Waals surface area contributed by atoms with Crippen LogP contribution in [0, 0.1) is 25.2 Å². The molecule has 0 aliphatic heterocycles. The molecule has 1 amide bonds. The first-order valence-corrected chi connectivity index (χ1v) is 19.8. The summed E-state index contributed by atoms with van der Waals surface area (Å²) in [5, 5.41) is 31.6. The van der Waals surface area contributed by atoms with E-state index in [9.17, 15) is 20.0 Å². The molecule has 0 unspecified atom stereocenters. The van der Waals surface area contributed by atoms with Crippen molar-refractivity contribution in [3.05, 3.63) is 135 Å². The van der Waals surface area contributed by atoms with Crippen molar-refractivity contribution in [1.29, 1.82) is 5.26 Å². The van der Waals surface area contributed by atoms with Crippen LogP contribution in [0.5, 0.6) is 11.5 Å². The second kappa shape index (κ2) is 20.7. The number of aromatic nitrogens is 1. The molecule has 0 aliphatic rings. The highest BCUT2D eigenvalue weighted by Gasteiger charge is 2.24. The minimum Gasteiger partial charge on any atom is -0.488 e. The van der Waals surface area contributed by atoms with Crippen LogP contribution in [-0.4, -0.2) is 57.5 Å². The Morgan fingerprint density at radius 2 is 1.56 bits per heavy atom. The number of carboxylic acids is 1. The number of nitriles is 1. The highest BCUT2D eigenvalue weighted by Crippen LogP contribution is 2.37. The lowest BCUT2D eigenvalue weighted by Gasteiger charge is -2.28. The smallest absolute Gasteiger partial charge is 0.410 e. The molecule has 0 spiro atoms. The molecule has 11 nitrogen and oxygen atoms in total. The van der Waals surface area contributed by atoms with Crippen LogP contribution in [0.25, 0.3) is 22.3 Å². The van der Waals surface area contributed by atoms with Gasteiger partial charge in [-0.3, -0.25) is 9.78 Å². The molecule has 0 saturated carbocycles. The molecule has 59 heavy (non-hydrogen) atoms. The number of halogens is 1. The zero-order chi connectivity index (χ0) is 42.5. The van der Waals surface area contributed by atoms with Gasteiger partial charge in [0.25, 0.3) is 0 Å². The molecule has 0 aliphatic carbocycles. The third-order valence-electron chi connectivity index (χ3n) is 9.61. The third-order valence-corrected chi connectivity index (χ3v) is 9.90. The Labute approximate surface area is 351 Å². The molecular formula is C47H51ClN4O7. The molecule has 1 heterocycles. The van der Waals surface area contributed by atoms with Gasteiger partial charge in [0, 0.05) is 49.1 Å². The molecule has 0 fully saturated rings. The fourth-order valence-corrected chi connectivity index (χ4v) is 6.79. The van der Waals surface area contributed by atoms with Gasteiger partial charge in [-0.1, -0.05) is 72.3 Å². The predicted octanol–water partition coefficient (Wildman–Crippen LogP) is 9.40. The monoisotopic (exact) mass is 818 g/mol. The molecular weight excluding hydrogens is 768 g/mol. The SMILES string of the molecule is Cc1c(COc2cc(OCc3cncc(C#N)c3)c(CN(CCO)C(=O)OC(C)(C)C)cc2Cl)cccc1-c1cccc(-c2ccc(CNCCCC(=O)O)cc2)c1C. The van der Waals surface area contributed by atoms with Crippen LogP contribution in [0.4, 0.5) is 4.79 Å². The van der Waals surface area contributed by atoms with Crippen molar-refractivity contribution in [3.8, 4) is 39.8 Å². The second-order valence-electron chi connectivity index (χ2n) is 15.2. The van der Waals surface area contributed by atoms with E-state index in [-0.39, 0.29) is 39.3 Å². The van der Waals surface area contributed by atoms with E-state index in [1.165, 1.54) is 11.1 Å². The number of aliphatic hydroxyl groups excluding tert-OH is 1. The van der Waals surface area contributed by atoms with Gasteiger partial charge < -0.3 is 34.6 Å². The highest BCUT2D eigenvalue weighted by atomic mass is 35.5.